The molecule has 0 amide bonds. The van der Waals surface area contributed by atoms with Gasteiger partial charge in [-0.1, -0.05) is 29.8 Å². The van der Waals surface area contributed by atoms with Crippen molar-refractivity contribution in [3.8, 4) is 0 Å². The lowest BCUT2D eigenvalue weighted by Gasteiger charge is -2.29. The Morgan fingerprint density at radius 3 is 2.33 bits per heavy atom. The lowest BCUT2D eigenvalue weighted by molar-refractivity contribution is 0.219. The van der Waals surface area contributed by atoms with Crippen LogP contribution >= 0.6 is 0 Å². The average Bonchev–Trinajstić information content (AvgIpc) is 2.35. The van der Waals surface area contributed by atoms with E-state index in [1.165, 1.54) is 43.4 Å². The summed E-state index contributed by atoms with van der Waals surface area (Å²) < 4.78 is 0. The van der Waals surface area contributed by atoms with Gasteiger partial charge < -0.3 is 10.6 Å². The quantitative estimate of drug-likeness (QED) is 0.885. The van der Waals surface area contributed by atoms with Crippen LogP contribution in [-0.4, -0.2) is 24.5 Å². The van der Waals surface area contributed by atoms with Crippen LogP contribution in [0.2, 0.25) is 0 Å². The number of rotatable bonds is 4. The Hall–Kier alpha value is -0.860. The Morgan fingerprint density at radius 2 is 1.72 bits per heavy atom. The van der Waals surface area contributed by atoms with Gasteiger partial charge in [-0.15, -0.1) is 0 Å². The Morgan fingerprint density at radius 1 is 1.11 bits per heavy atom. The molecule has 18 heavy (non-hydrogen) atoms. The van der Waals surface area contributed by atoms with E-state index < -0.39 is 0 Å². The fraction of sp³-hybridized carbons (Fsp3) is 0.625. The second-order valence-electron chi connectivity index (χ2n) is 5.96. The number of hydrogen-bond acceptors (Lipinski definition) is 2. The summed E-state index contributed by atoms with van der Waals surface area (Å²) in [7, 11) is 2.23. The van der Waals surface area contributed by atoms with Gasteiger partial charge in [0, 0.05) is 19.1 Å². The van der Waals surface area contributed by atoms with Gasteiger partial charge in [0.15, 0.2) is 0 Å². The van der Waals surface area contributed by atoms with Crippen molar-refractivity contribution in [1.82, 2.24) is 4.90 Å². The first-order valence-corrected chi connectivity index (χ1v) is 7.13. The van der Waals surface area contributed by atoms with E-state index in [2.05, 4.69) is 43.1 Å². The molecule has 100 valence electrons. The van der Waals surface area contributed by atoms with E-state index >= 15 is 0 Å². The normalized spacial score (nSPS) is 24.4. The molecule has 0 atom stereocenters. The Balaban J connectivity index is 1.78. The molecule has 1 fully saturated rings. The molecule has 0 heterocycles. The molecule has 2 heteroatoms. The summed E-state index contributed by atoms with van der Waals surface area (Å²) in [6, 6.07) is 9.33. The van der Waals surface area contributed by atoms with Gasteiger partial charge in [0.1, 0.15) is 0 Å². The van der Waals surface area contributed by atoms with Gasteiger partial charge in [-0.3, -0.25) is 0 Å². The zero-order chi connectivity index (χ0) is 13.0. The molecule has 0 spiro atoms. The van der Waals surface area contributed by atoms with Crippen LogP contribution in [0.5, 0.6) is 0 Å². The molecule has 0 radical (unpaired) electrons. The van der Waals surface area contributed by atoms with Gasteiger partial charge >= 0.3 is 0 Å². The average molecular weight is 246 g/mol. The number of nitrogens with zero attached hydrogens (tertiary/aromatic N) is 1. The van der Waals surface area contributed by atoms with Crippen molar-refractivity contribution in [2.45, 2.75) is 45.2 Å². The molecule has 0 aromatic heterocycles. The zero-order valence-corrected chi connectivity index (χ0v) is 11.7. The third kappa shape index (κ3) is 4.11. The highest BCUT2D eigenvalue weighted by Gasteiger charge is 2.19. The third-order valence-corrected chi connectivity index (χ3v) is 4.03. The molecule has 2 nitrogen and oxygen atoms in total. The van der Waals surface area contributed by atoms with Crippen molar-refractivity contribution in [3.05, 3.63) is 35.4 Å². The monoisotopic (exact) mass is 246 g/mol. The van der Waals surface area contributed by atoms with E-state index in [0.29, 0.717) is 6.04 Å². The Labute approximate surface area is 111 Å². The predicted molar refractivity (Wildman–Crippen MR) is 77.4 cm³/mol. The fourth-order valence-electron chi connectivity index (χ4n) is 2.88. The van der Waals surface area contributed by atoms with Gasteiger partial charge in [0.25, 0.3) is 0 Å². The number of hydrogen-bond donors (Lipinski definition) is 1. The first-order chi connectivity index (χ1) is 8.63. The van der Waals surface area contributed by atoms with Crippen molar-refractivity contribution >= 4 is 0 Å². The first kappa shape index (κ1) is 13.6. The molecule has 1 aromatic rings. The van der Waals surface area contributed by atoms with E-state index in [1.807, 2.05) is 0 Å². The topological polar surface area (TPSA) is 29.3 Å². The molecule has 1 aliphatic carbocycles. The van der Waals surface area contributed by atoms with Crippen LogP contribution < -0.4 is 5.73 Å². The Bertz CT molecular complexity index is 350. The minimum absolute atomic E-state index is 0.462. The number of aryl methyl sites for hydroxylation is 1. The van der Waals surface area contributed by atoms with Crippen LogP contribution in [0.1, 0.15) is 36.8 Å². The van der Waals surface area contributed by atoms with Gasteiger partial charge in [-0.05, 0) is 51.1 Å². The molecule has 1 aromatic carbocycles. The largest absolute Gasteiger partial charge is 0.328 e. The molecular weight excluding hydrogens is 220 g/mol. The van der Waals surface area contributed by atoms with Crippen LogP contribution in [0, 0.1) is 12.8 Å². The summed E-state index contributed by atoms with van der Waals surface area (Å²) in [5, 5.41) is 0. The minimum Gasteiger partial charge on any atom is -0.328 e. The fourth-order valence-corrected chi connectivity index (χ4v) is 2.88. The van der Waals surface area contributed by atoms with Crippen molar-refractivity contribution in [1.29, 1.82) is 0 Å². The maximum atomic E-state index is 5.95. The first-order valence-electron chi connectivity index (χ1n) is 7.13. The predicted octanol–water partition coefficient (Wildman–Crippen LogP) is 2.94. The standard InChI is InChI=1S/C16H26N2/c1-13-3-5-14(6-4-13)11-18(2)12-15-7-9-16(17)10-8-15/h3-6,15-16H,7-12,17H2,1-2H3. The molecular formula is C16H26N2. The van der Waals surface area contributed by atoms with Crippen molar-refractivity contribution in [2.24, 2.45) is 11.7 Å². The molecule has 0 unspecified atom stereocenters. The van der Waals surface area contributed by atoms with Crippen LogP contribution in [0.15, 0.2) is 24.3 Å². The van der Waals surface area contributed by atoms with E-state index in [4.69, 9.17) is 5.73 Å². The van der Waals surface area contributed by atoms with E-state index in [-0.39, 0.29) is 0 Å². The number of benzene rings is 1. The Kier molecular flexibility index (Phi) is 4.79. The lowest BCUT2D eigenvalue weighted by atomic mass is 9.86. The summed E-state index contributed by atoms with van der Waals surface area (Å²) in [5.74, 6) is 0.847. The van der Waals surface area contributed by atoms with Crippen LogP contribution in [0.4, 0.5) is 0 Å². The molecule has 0 aliphatic heterocycles. The maximum absolute atomic E-state index is 5.95. The van der Waals surface area contributed by atoms with Crippen LogP contribution in [0.3, 0.4) is 0 Å². The number of nitrogens with two attached hydrogens (primary N) is 1. The van der Waals surface area contributed by atoms with E-state index in [0.717, 1.165) is 12.5 Å². The molecule has 2 rings (SSSR count). The van der Waals surface area contributed by atoms with Gasteiger partial charge in [-0.2, -0.15) is 0 Å². The summed E-state index contributed by atoms with van der Waals surface area (Å²) in [5.41, 5.74) is 8.70. The van der Waals surface area contributed by atoms with Crippen molar-refractivity contribution in [2.75, 3.05) is 13.6 Å². The summed E-state index contributed by atoms with van der Waals surface area (Å²) in [6.07, 6.45) is 5.03. The molecule has 0 bridgehead atoms. The van der Waals surface area contributed by atoms with Gasteiger partial charge in [-0.25, -0.2) is 0 Å². The third-order valence-electron chi connectivity index (χ3n) is 4.03. The maximum Gasteiger partial charge on any atom is 0.0230 e. The summed E-state index contributed by atoms with van der Waals surface area (Å²) in [6.45, 7) is 4.40. The van der Waals surface area contributed by atoms with Crippen LogP contribution in [0.25, 0.3) is 0 Å². The molecule has 2 N–H and O–H groups in total. The highest BCUT2D eigenvalue weighted by Crippen LogP contribution is 2.24. The zero-order valence-electron chi connectivity index (χ0n) is 11.7. The molecule has 1 saturated carbocycles. The van der Waals surface area contributed by atoms with Gasteiger partial charge in [0.2, 0.25) is 0 Å². The SMILES string of the molecule is Cc1ccc(CN(C)CC2CCC(N)CC2)cc1. The van der Waals surface area contributed by atoms with Crippen molar-refractivity contribution < 1.29 is 0 Å². The second kappa shape index (κ2) is 6.35. The highest BCUT2D eigenvalue weighted by molar-refractivity contribution is 5.21. The summed E-state index contributed by atoms with van der Waals surface area (Å²) >= 11 is 0. The minimum atomic E-state index is 0.462. The molecule has 0 saturated heterocycles. The highest BCUT2D eigenvalue weighted by atomic mass is 15.1. The van der Waals surface area contributed by atoms with Gasteiger partial charge in [0.05, 0.1) is 0 Å². The van der Waals surface area contributed by atoms with Crippen molar-refractivity contribution in [3.63, 3.8) is 0 Å². The lowest BCUT2D eigenvalue weighted by Crippen LogP contribution is -2.32. The van der Waals surface area contributed by atoms with Crippen LogP contribution in [-0.2, 0) is 6.54 Å². The summed E-state index contributed by atoms with van der Waals surface area (Å²) in [4.78, 5) is 2.45. The smallest absolute Gasteiger partial charge is 0.0230 e. The second-order valence-corrected chi connectivity index (χ2v) is 5.96. The van der Waals surface area contributed by atoms with E-state index in [1.54, 1.807) is 0 Å². The molecule has 1 aliphatic rings. The van der Waals surface area contributed by atoms with E-state index in [9.17, 15) is 0 Å².